The van der Waals surface area contributed by atoms with Crippen LogP contribution in [0.25, 0.3) is 16.8 Å². The Morgan fingerprint density at radius 2 is 1.24 bits per heavy atom. The minimum atomic E-state index is -0.863. The lowest BCUT2D eigenvalue weighted by atomic mass is 9.88. The number of rotatable bonds is 4. The second kappa shape index (κ2) is 8.23. The first-order valence-corrected chi connectivity index (χ1v) is 12.2. The third-order valence-electron chi connectivity index (χ3n) is 7.57. The summed E-state index contributed by atoms with van der Waals surface area (Å²) in [5.74, 6) is -2.63. The first kappa shape index (κ1) is 24.0. The zero-order valence-corrected chi connectivity index (χ0v) is 20.6. The minimum absolute atomic E-state index is 0.0407. The Morgan fingerprint density at radius 3 is 1.90 bits per heavy atom. The van der Waals surface area contributed by atoms with Crippen molar-refractivity contribution >= 4 is 57.5 Å². The summed E-state index contributed by atoms with van der Waals surface area (Å²) in [7, 11) is 0. The molecule has 0 radical (unpaired) electrons. The molecule has 12 nitrogen and oxygen atoms in total. The highest BCUT2D eigenvalue weighted by atomic mass is 16.6. The van der Waals surface area contributed by atoms with Crippen molar-refractivity contribution in [1.82, 2.24) is 4.90 Å². The summed E-state index contributed by atoms with van der Waals surface area (Å²) in [6, 6.07) is 14.7. The highest BCUT2D eigenvalue weighted by molar-refractivity contribution is 6.35. The van der Waals surface area contributed by atoms with Crippen LogP contribution in [0.3, 0.4) is 0 Å². The fourth-order valence-corrected chi connectivity index (χ4v) is 5.73. The lowest BCUT2D eigenvalue weighted by Crippen LogP contribution is -2.34. The molecule has 4 aromatic rings. The molecule has 7 rings (SSSR count). The van der Waals surface area contributed by atoms with Crippen LogP contribution in [0.4, 0.5) is 17.1 Å². The number of benzene rings is 4. The fraction of sp³-hybridized carbons (Fsp3) is 0.0345. The van der Waals surface area contributed by atoms with E-state index in [1.54, 1.807) is 42.5 Å². The van der Waals surface area contributed by atoms with Crippen molar-refractivity contribution in [3.8, 4) is 0 Å². The van der Waals surface area contributed by atoms with Gasteiger partial charge in [0, 0.05) is 29.8 Å². The van der Waals surface area contributed by atoms with Gasteiger partial charge in [-0.3, -0.25) is 44.3 Å². The van der Waals surface area contributed by atoms with Gasteiger partial charge in [-0.15, -0.1) is 0 Å². The predicted molar refractivity (Wildman–Crippen MR) is 144 cm³/mol. The number of nitro benzene ring substituents is 2. The van der Waals surface area contributed by atoms with Gasteiger partial charge in [0.2, 0.25) is 0 Å². The molecular weight excluding hydrogens is 532 g/mol. The number of nitro groups is 2. The van der Waals surface area contributed by atoms with Crippen molar-refractivity contribution < 1.29 is 29.0 Å². The fourth-order valence-electron chi connectivity index (χ4n) is 5.73. The zero-order chi connectivity index (χ0) is 28.7. The van der Waals surface area contributed by atoms with Crippen LogP contribution in [-0.2, 0) is 0 Å². The van der Waals surface area contributed by atoms with Gasteiger partial charge < -0.3 is 0 Å². The van der Waals surface area contributed by atoms with Gasteiger partial charge in [0.1, 0.15) is 0 Å². The number of non-ortho nitro benzene ring substituents is 2. The summed E-state index contributed by atoms with van der Waals surface area (Å²) in [4.78, 5) is 76.6. The Labute approximate surface area is 229 Å². The van der Waals surface area contributed by atoms with Gasteiger partial charge in [0.15, 0.2) is 0 Å². The summed E-state index contributed by atoms with van der Waals surface area (Å²) in [5, 5.41) is 23.8. The van der Waals surface area contributed by atoms with E-state index in [1.807, 2.05) is 0 Å². The van der Waals surface area contributed by atoms with Crippen LogP contribution in [-0.4, -0.2) is 38.4 Å². The normalized spacial score (nSPS) is 16.9. The number of hydrogen-bond donors (Lipinski definition) is 0. The van der Waals surface area contributed by atoms with Gasteiger partial charge in [-0.2, -0.15) is 0 Å². The molecule has 1 atom stereocenters. The van der Waals surface area contributed by atoms with Gasteiger partial charge in [0.05, 0.1) is 43.8 Å². The van der Waals surface area contributed by atoms with E-state index in [0.29, 0.717) is 16.5 Å². The van der Waals surface area contributed by atoms with E-state index in [4.69, 9.17) is 0 Å². The molecule has 41 heavy (non-hydrogen) atoms. The largest absolute Gasteiger partial charge is 0.270 e. The topological polar surface area (TPSA) is 161 Å². The number of carbonyl (C=O) groups is 4. The molecule has 2 heterocycles. The second-order valence-electron chi connectivity index (χ2n) is 9.65. The van der Waals surface area contributed by atoms with Crippen molar-refractivity contribution in [2.45, 2.75) is 6.04 Å². The first-order chi connectivity index (χ1) is 19.7. The molecule has 0 aromatic heterocycles. The molecule has 0 saturated carbocycles. The molecule has 198 valence electrons. The van der Waals surface area contributed by atoms with E-state index < -0.39 is 39.5 Å². The van der Waals surface area contributed by atoms with Crippen LogP contribution in [0.2, 0.25) is 0 Å². The van der Waals surface area contributed by atoms with Gasteiger partial charge in [-0.1, -0.05) is 36.4 Å². The number of nitrogens with zero attached hydrogens (tertiary/aromatic N) is 4. The molecule has 1 aliphatic carbocycles. The maximum atomic E-state index is 13.4. The van der Waals surface area contributed by atoms with E-state index in [0.717, 1.165) is 33.4 Å². The smallest absolute Gasteiger partial charge is 0.269 e. The number of amides is 4. The van der Waals surface area contributed by atoms with Crippen LogP contribution < -0.4 is 4.90 Å². The number of imide groups is 2. The Hall–Kier alpha value is -6.04. The summed E-state index contributed by atoms with van der Waals surface area (Å²) >= 11 is 0. The van der Waals surface area contributed by atoms with Gasteiger partial charge in [-0.05, 0) is 34.5 Å². The second-order valence-corrected chi connectivity index (χ2v) is 9.65. The zero-order valence-electron chi connectivity index (χ0n) is 20.6. The summed E-state index contributed by atoms with van der Waals surface area (Å²) in [5.41, 5.74) is 0.610. The third kappa shape index (κ3) is 3.21. The Bertz CT molecular complexity index is 2010. The first-order valence-electron chi connectivity index (χ1n) is 12.2. The van der Waals surface area contributed by atoms with Crippen LogP contribution in [0.1, 0.15) is 58.6 Å². The molecule has 12 heteroatoms. The van der Waals surface area contributed by atoms with E-state index in [2.05, 4.69) is 0 Å². The van der Waals surface area contributed by atoms with E-state index >= 15 is 0 Å². The lowest BCUT2D eigenvalue weighted by Gasteiger charge is -2.30. The number of anilines is 1. The van der Waals surface area contributed by atoms with E-state index in [-0.39, 0.29) is 39.3 Å². The monoisotopic (exact) mass is 546 g/mol. The average Bonchev–Trinajstić information content (AvgIpc) is 3.37. The molecule has 4 amide bonds. The van der Waals surface area contributed by atoms with Gasteiger partial charge in [0.25, 0.3) is 35.0 Å². The highest BCUT2D eigenvalue weighted by Gasteiger charge is 2.43. The number of carbonyl (C=O) groups excluding carboxylic acids is 4. The molecule has 0 N–H and O–H groups in total. The summed E-state index contributed by atoms with van der Waals surface area (Å²) in [6.07, 6.45) is 3.22. The molecular formula is C29H14N4O8. The van der Waals surface area contributed by atoms with Crippen LogP contribution in [0.5, 0.6) is 0 Å². The van der Waals surface area contributed by atoms with Crippen molar-refractivity contribution in [2.75, 3.05) is 4.90 Å². The number of fused-ring (bicyclic) bond motifs is 2. The summed E-state index contributed by atoms with van der Waals surface area (Å²) < 4.78 is 0. The molecule has 0 saturated heterocycles. The lowest BCUT2D eigenvalue weighted by molar-refractivity contribution is -0.385. The van der Waals surface area contributed by atoms with E-state index in [1.165, 1.54) is 18.2 Å². The highest BCUT2D eigenvalue weighted by Crippen LogP contribution is 2.44. The Balaban J connectivity index is 1.34. The molecule has 1 unspecified atom stereocenters. The summed E-state index contributed by atoms with van der Waals surface area (Å²) in [6.45, 7) is 0. The van der Waals surface area contributed by atoms with Gasteiger partial charge >= 0.3 is 0 Å². The standard InChI is InChI=1S/C29H14N4O8/c34-26-17-7-5-15(32(38)39)12-21(17)28(36)30(26)23-10-4-14-2-1-3-19-24(11-9-20(23)25(14)19)31-27(35)18-8-6-16(33(40)41)13-22(18)29(31)37/h1-13,24H. The third-order valence-corrected chi connectivity index (χ3v) is 7.57. The molecule has 0 bridgehead atoms. The quantitative estimate of drug-likeness (QED) is 0.200. The van der Waals surface area contributed by atoms with Crippen LogP contribution in [0, 0.1) is 20.2 Å². The van der Waals surface area contributed by atoms with Crippen LogP contribution >= 0.6 is 0 Å². The molecule has 2 aliphatic heterocycles. The Kier molecular flexibility index (Phi) is 4.82. The molecule has 0 spiro atoms. The maximum absolute atomic E-state index is 13.4. The average molecular weight is 546 g/mol. The van der Waals surface area contributed by atoms with Crippen molar-refractivity contribution in [3.63, 3.8) is 0 Å². The molecule has 4 aromatic carbocycles. The molecule has 0 fully saturated rings. The maximum Gasteiger partial charge on any atom is 0.270 e. The minimum Gasteiger partial charge on any atom is -0.269 e. The van der Waals surface area contributed by atoms with Crippen molar-refractivity contribution in [3.05, 3.63) is 126 Å². The molecule has 3 aliphatic rings. The predicted octanol–water partition coefficient (Wildman–Crippen LogP) is 4.82. The van der Waals surface area contributed by atoms with Crippen LogP contribution in [0.15, 0.2) is 72.8 Å². The Morgan fingerprint density at radius 1 is 0.659 bits per heavy atom. The van der Waals surface area contributed by atoms with Crippen molar-refractivity contribution in [1.29, 1.82) is 0 Å². The van der Waals surface area contributed by atoms with E-state index in [9.17, 15) is 39.4 Å². The SMILES string of the molecule is O=C1c2ccc([N+](=O)[O-])cc2C(=O)N1c1ccc2cccc3c2c1C=CC3N1C(=O)c2ccc([N+](=O)[O-])cc2C1=O. The number of hydrogen-bond acceptors (Lipinski definition) is 8. The van der Waals surface area contributed by atoms with Gasteiger partial charge in [-0.25, -0.2) is 4.90 Å². The van der Waals surface area contributed by atoms with Crippen molar-refractivity contribution in [2.24, 2.45) is 0 Å².